The number of hydrogen-bond acceptors (Lipinski definition) is 4. The predicted octanol–water partition coefficient (Wildman–Crippen LogP) is 2.39. The SMILES string of the molecule is CCNC(=NCc1cc(C(C)C)no1)NCC1(O)CCC1.I. The van der Waals surface area contributed by atoms with Crippen molar-refractivity contribution in [2.24, 2.45) is 4.99 Å². The Balaban J connectivity index is 0.00000242. The van der Waals surface area contributed by atoms with Crippen molar-refractivity contribution in [2.75, 3.05) is 13.1 Å². The molecule has 1 fully saturated rings. The molecule has 1 heterocycles. The Labute approximate surface area is 149 Å². The number of nitrogens with zero attached hydrogens (tertiary/aromatic N) is 2. The van der Waals surface area contributed by atoms with E-state index in [1.54, 1.807) is 0 Å². The zero-order valence-corrected chi connectivity index (χ0v) is 15.9. The van der Waals surface area contributed by atoms with Crippen LogP contribution < -0.4 is 10.6 Å². The van der Waals surface area contributed by atoms with Crippen molar-refractivity contribution in [3.05, 3.63) is 17.5 Å². The Bertz CT molecular complexity index is 484. The van der Waals surface area contributed by atoms with Gasteiger partial charge in [0.1, 0.15) is 6.54 Å². The van der Waals surface area contributed by atoms with E-state index in [0.29, 0.717) is 25.0 Å². The number of aliphatic imine (C=N–C) groups is 1. The molecule has 3 N–H and O–H groups in total. The molecule has 0 aromatic carbocycles. The predicted molar refractivity (Wildman–Crippen MR) is 97.6 cm³/mol. The van der Waals surface area contributed by atoms with Gasteiger partial charge >= 0.3 is 0 Å². The summed E-state index contributed by atoms with van der Waals surface area (Å²) in [6, 6.07) is 1.94. The second kappa shape index (κ2) is 8.71. The van der Waals surface area contributed by atoms with Crippen LogP contribution >= 0.6 is 24.0 Å². The van der Waals surface area contributed by atoms with Gasteiger partial charge in [-0.2, -0.15) is 0 Å². The van der Waals surface area contributed by atoms with Crippen LogP contribution in [0.1, 0.15) is 57.4 Å². The minimum absolute atomic E-state index is 0. The third kappa shape index (κ3) is 5.42. The van der Waals surface area contributed by atoms with Crippen molar-refractivity contribution in [3.8, 4) is 0 Å². The maximum Gasteiger partial charge on any atom is 0.191 e. The van der Waals surface area contributed by atoms with Crippen molar-refractivity contribution in [3.63, 3.8) is 0 Å². The lowest BCUT2D eigenvalue weighted by Gasteiger charge is -2.36. The van der Waals surface area contributed by atoms with Gasteiger partial charge in [-0.1, -0.05) is 19.0 Å². The second-order valence-electron chi connectivity index (χ2n) is 6.00. The van der Waals surface area contributed by atoms with Gasteiger partial charge in [0, 0.05) is 19.2 Å². The van der Waals surface area contributed by atoms with Crippen LogP contribution in [0.25, 0.3) is 0 Å². The number of aliphatic hydroxyl groups is 1. The number of rotatable bonds is 6. The van der Waals surface area contributed by atoms with Gasteiger partial charge in [0.05, 0.1) is 11.3 Å². The average molecular weight is 422 g/mol. The van der Waals surface area contributed by atoms with Crippen LogP contribution in [0.15, 0.2) is 15.6 Å². The fourth-order valence-electron chi connectivity index (χ4n) is 2.18. The molecular weight excluding hydrogens is 395 g/mol. The van der Waals surface area contributed by atoms with Crippen LogP contribution in [0.2, 0.25) is 0 Å². The molecule has 22 heavy (non-hydrogen) atoms. The molecule has 7 heteroatoms. The number of aromatic nitrogens is 1. The number of nitrogens with one attached hydrogen (secondary N) is 2. The Morgan fingerprint density at radius 2 is 2.18 bits per heavy atom. The molecule has 0 bridgehead atoms. The fourth-order valence-corrected chi connectivity index (χ4v) is 2.18. The van der Waals surface area contributed by atoms with Gasteiger partial charge in [-0.25, -0.2) is 4.99 Å². The lowest BCUT2D eigenvalue weighted by atomic mass is 9.80. The van der Waals surface area contributed by atoms with Crippen LogP contribution in [0.4, 0.5) is 0 Å². The lowest BCUT2D eigenvalue weighted by molar-refractivity contribution is -0.0279. The van der Waals surface area contributed by atoms with E-state index in [1.165, 1.54) is 0 Å². The first-order valence-corrected chi connectivity index (χ1v) is 7.72. The topological polar surface area (TPSA) is 82.7 Å². The van der Waals surface area contributed by atoms with Crippen molar-refractivity contribution in [2.45, 2.75) is 58.1 Å². The minimum Gasteiger partial charge on any atom is -0.388 e. The number of halogens is 1. The molecule has 1 aliphatic rings. The van der Waals surface area contributed by atoms with Gasteiger partial charge in [-0.05, 0) is 32.1 Å². The third-order valence-corrected chi connectivity index (χ3v) is 3.78. The van der Waals surface area contributed by atoms with Crippen molar-refractivity contribution >= 4 is 29.9 Å². The molecule has 1 saturated carbocycles. The molecule has 0 aliphatic heterocycles. The lowest BCUT2D eigenvalue weighted by Crippen LogP contribution is -2.50. The molecule has 126 valence electrons. The molecule has 2 rings (SSSR count). The highest BCUT2D eigenvalue weighted by atomic mass is 127. The van der Waals surface area contributed by atoms with E-state index in [4.69, 9.17) is 4.52 Å². The highest BCUT2D eigenvalue weighted by Gasteiger charge is 2.34. The molecule has 6 nitrogen and oxygen atoms in total. The monoisotopic (exact) mass is 422 g/mol. The third-order valence-electron chi connectivity index (χ3n) is 3.78. The van der Waals surface area contributed by atoms with E-state index in [-0.39, 0.29) is 24.0 Å². The fraction of sp³-hybridized carbons (Fsp3) is 0.733. The van der Waals surface area contributed by atoms with Crippen LogP contribution in [-0.4, -0.2) is 34.9 Å². The van der Waals surface area contributed by atoms with Crippen molar-refractivity contribution < 1.29 is 9.63 Å². The summed E-state index contributed by atoms with van der Waals surface area (Å²) in [4.78, 5) is 4.47. The van der Waals surface area contributed by atoms with E-state index in [2.05, 4.69) is 34.6 Å². The standard InChI is InChI=1S/C15H26N4O2.HI/c1-4-16-14(18-10-15(20)6-5-7-15)17-9-12-8-13(11(2)3)19-21-12;/h8,11,20H,4-7,9-10H2,1-3H3,(H2,16,17,18);1H. The molecule has 1 aromatic heterocycles. The smallest absolute Gasteiger partial charge is 0.191 e. The molecule has 1 aliphatic carbocycles. The van der Waals surface area contributed by atoms with Gasteiger partial charge in [0.25, 0.3) is 0 Å². The Hall–Kier alpha value is -0.830. The van der Waals surface area contributed by atoms with Crippen LogP contribution in [0, 0.1) is 0 Å². The molecule has 0 amide bonds. The highest BCUT2D eigenvalue weighted by Crippen LogP contribution is 2.30. The molecule has 1 aromatic rings. The normalized spacial score (nSPS) is 16.9. The maximum atomic E-state index is 10.1. The van der Waals surface area contributed by atoms with Gasteiger partial charge in [0.15, 0.2) is 11.7 Å². The summed E-state index contributed by atoms with van der Waals surface area (Å²) in [5.74, 6) is 1.80. The van der Waals surface area contributed by atoms with E-state index in [1.807, 2.05) is 13.0 Å². The van der Waals surface area contributed by atoms with Gasteiger partial charge < -0.3 is 20.3 Å². The summed E-state index contributed by atoms with van der Waals surface area (Å²) >= 11 is 0. The molecule has 0 radical (unpaired) electrons. The highest BCUT2D eigenvalue weighted by molar-refractivity contribution is 14.0. The molecular formula is C15H27IN4O2. The summed E-state index contributed by atoms with van der Waals surface area (Å²) in [6.07, 6.45) is 2.82. The van der Waals surface area contributed by atoms with E-state index < -0.39 is 5.60 Å². The van der Waals surface area contributed by atoms with E-state index in [9.17, 15) is 5.11 Å². The minimum atomic E-state index is -0.562. The number of guanidine groups is 1. The largest absolute Gasteiger partial charge is 0.388 e. The molecule has 0 spiro atoms. The summed E-state index contributed by atoms with van der Waals surface area (Å²) in [7, 11) is 0. The summed E-state index contributed by atoms with van der Waals surface area (Å²) in [6.45, 7) is 7.92. The van der Waals surface area contributed by atoms with Crippen molar-refractivity contribution in [1.82, 2.24) is 15.8 Å². The summed E-state index contributed by atoms with van der Waals surface area (Å²) < 4.78 is 5.27. The zero-order valence-electron chi connectivity index (χ0n) is 13.6. The molecule has 0 unspecified atom stereocenters. The first-order chi connectivity index (χ1) is 10.0. The van der Waals surface area contributed by atoms with E-state index in [0.717, 1.165) is 37.3 Å². The van der Waals surface area contributed by atoms with Gasteiger partial charge in [0.2, 0.25) is 0 Å². The second-order valence-corrected chi connectivity index (χ2v) is 6.00. The first-order valence-electron chi connectivity index (χ1n) is 7.72. The Morgan fingerprint density at radius 1 is 1.45 bits per heavy atom. The van der Waals surface area contributed by atoms with Crippen LogP contribution in [0.5, 0.6) is 0 Å². The Morgan fingerprint density at radius 3 is 2.68 bits per heavy atom. The average Bonchev–Trinajstić information content (AvgIpc) is 2.89. The van der Waals surface area contributed by atoms with Crippen molar-refractivity contribution in [1.29, 1.82) is 0 Å². The summed E-state index contributed by atoms with van der Waals surface area (Å²) in [5, 5.41) is 20.5. The Kier molecular flexibility index (Phi) is 7.61. The first kappa shape index (κ1) is 19.2. The molecule has 0 saturated heterocycles. The van der Waals surface area contributed by atoms with Gasteiger partial charge in [-0.3, -0.25) is 0 Å². The molecule has 0 atom stereocenters. The van der Waals surface area contributed by atoms with Crippen LogP contribution in [0.3, 0.4) is 0 Å². The van der Waals surface area contributed by atoms with E-state index >= 15 is 0 Å². The van der Waals surface area contributed by atoms with Gasteiger partial charge in [-0.15, -0.1) is 24.0 Å². The summed E-state index contributed by atoms with van der Waals surface area (Å²) in [5.41, 5.74) is 0.384. The maximum absolute atomic E-state index is 10.1. The number of hydrogen-bond donors (Lipinski definition) is 3. The van der Waals surface area contributed by atoms with Crippen LogP contribution in [-0.2, 0) is 6.54 Å². The quantitative estimate of drug-likeness (QED) is 0.373. The zero-order chi connectivity index (χ0) is 15.3.